The molecule has 0 radical (unpaired) electrons. The molecule has 1 atom stereocenters. The first kappa shape index (κ1) is 29.8. The Bertz CT molecular complexity index is 1280. The summed E-state index contributed by atoms with van der Waals surface area (Å²) >= 11 is 0. The van der Waals surface area contributed by atoms with Crippen LogP contribution in [-0.4, -0.2) is 38.7 Å². The number of methoxy groups -OCH3 is 1. The van der Waals surface area contributed by atoms with Gasteiger partial charge in [0.2, 0.25) is 10.0 Å². The highest BCUT2D eigenvalue weighted by Crippen LogP contribution is 2.28. The molecular weight excluding hydrogens is 494 g/mol. The van der Waals surface area contributed by atoms with Crippen molar-refractivity contribution in [2.45, 2.75) is 70.6 Å². The highest BCUT2D eigenvalue weighted by Gasteiger charge is 2.32. The summed E-state index contributed by atoms with van der Waals surface area (Å²) < 4.78 is 45.5. The Balaban J connectivity index is 2.72. The van der Waals surface area contributed by atoms with Crippen LogP contribution in [0.2, 0.25) is 0 Å². The molecule has 1 N–H and O–H groups in total. The van der Waals surface area contributed by atoms with E-state index in [4.69, 9.17) is 14.2 Å². The number of sulfonamides is 1. The zero-order valence-electron chi connectivity index (χ0n) is 22.5. The van der Waals surface area contributed by atoms with Crippen LogP contribution in [0.5, 0.6) is 5.75 Å². The van der Waals surface area contributed by atoms with Crippen molar-refractivity contribution in [3.8, 4) is 5.75 Å². The first-order chi connectivity index (χ1) is 17.0. The summed E-state index contributed by atoms with van der Waals surface area (Å²) in [5, 5.41) is 0. The second-order valence-corrected chi connectivity index (χ2v) is 12.0. The van der Waals surface area contributed by atoms with E-state index in [2.05, 4.69) is 10.5 Å². The van der Waals surface area contributed by atoms with Gasteiger partial charge in [0, 0.05) is 0 Å². The van der Waals surface area contributed by atoms with Gasteiger partial charge in [-0.05, 0) is 78.3 Å². The van der Waals surface area contributed by atoms with E-state index >= 15 is 0 Å². The Kier molecular flexibility index (Phi) is 9.49. The van der Waals surface area contributed by atoms with Crippen LogP contribution in [0.1, 0.15) is 60.1 Å². The Morgan fingerprint density at radius 3 is 1.84 bits per heavy atom. The molecule has 37 heavy (non-hydrogen) atoms. The summed E-state index contributed by atoms with van der Waals surface area (Å²) in [5.41, 5.74) is 1.37. The minimum Gasteiger partial charge on any atom is -0.497 e. The van der Waals surface area contributed by atoms with Crippen LogP contribution < -0.4 is 9.46 Å². The molecule has 2 rings (SSSR count). The third kappa shape index (κ3) is 9.21. The van der Waals surface area contributed by atoms with Gasteiger partial charge in [-0.2, -0.15) is 4.72 Å². The minimum absolute atomic E-state index is 0.0136. The van der Waals surface area contributed by atoms with E-state index < -0.39 is 39.2 Å². The zero-order chi connectivity index (χ0) is 28.0. The average Bonchev–Trinajstić information content (AvgIpc) is 2.79. The number of nitrogens with one attached hydrogen (secondary N) is 1. The van der Waals surface area contributed by atoms with Crippen molar-refractivity contribution in [1.29, 1.82) is 0 Å². The zero-order valence-corrected chi connectivity index (χ0v) is 23.4. The molecule has 0 aliphatic rings. The van der Waals surface area contributed by atoms with Crippen LogP contribution in [-0.2, 0) is 29.1 Å². The number of benzene rings is 2. The summed E-state index contributed by atoms with van der Waals surface area (Å²) in [6, 6.07) is 13.1. The molecule has 0 aromatic heterocycles. The Hall–Kier alpha value is -3.39. The fourth-order valence-electron chi connectivity index (χ4n) is 3.10. The molecule has 200 valence electrons. The lowest BCUT2D eigenvalue weighted by molar-refractivity contribution is -0.150. The van der Waals surface area contributed by atoms with Crippen LogP contribution in [0.15, 0.2) is 76.4 Å². The lowest BCUT2D eigenvalue weighted by atomic mass is 9.99. The highest BCUT2D eigenvalue weighted by molar-refractivity contribution is 7.89. The van der Waals surface area contributed by atoms with Gasteiger partial charge >= 0.3 is 11.9 Å². The van der Waals surface area contributed by atoms with E-state index in [1.807, 2.05) is 0 Å². The summed E-state index contributed by atoms with van der Waals surface area (Å²) in [7, 11) is -2.66. The molecule has 0 aliphatic carbocycles. The third-order valence-electron chi connectivity index (χ3n) is 4.71. The maximum Gasteiger partial charge on any atom is 0.344 e. The van der Waals surface area contributed by atoms with Gasteiger partial charge in [0.1, 0.15) is 22.5 Å². The smallest absolute Gasteiger partial charge is 0.344 e. The van der Waals surface area contributed by atoms with E-state index in [0.29, 0.717) is 11.3 Å². The molecule has 9 heteroatoms. The summed E-state index contributed by atoms with van der Waals surface area (Å²) in [6.07, 6.45) is 0. The van der Waals surface area contributed by atoms with Crippen molar-refractivity contribution >= 4 is 22.0 Å². The number of carbonyl (C=O) groups is 2. The quantitative estimate of drug-likeness (QED) is 0.295. The van der Waals surface area contributed by atoms with Crippen molar-refractivity contribution in [3.63, 3.8) is 0 Å². The van der Waals surface area contributed by atoms with Gasteiger partial charge in [0.05, 0.1) is 23.6 Å². The number of ether oxygens (including phenoxy) is 3. The molecule has 0 fully saturated rings. The van der Waals surface area contributed by atoms with Gasteiger partial charge < -0.3 is 14.2 Å². The standard InChI is InChI=1S/C28H35NO7S/c1-19(25(30)35-27(2,3)4)18-23(26(31)36-28(5,6)7)24(20-12-10-9-11-13-20)29-37(32,33)22-16-14-21(34-8)15-17-22/h9-17,24,29H,1-8H3/t18?,24-/m1/s1. The van der Waals surface area contributed by atoms with Crippen molar-refractivity contribution in [1.82, 2.24) is 4.72 Å². The van der Waals surface area contributed by atoms with E-state index in [-0.39, 0.29) is 16.0 Å². The molecule has 0 bridgehead atoms. The topological polar surface area (TPSA) is 108 Å². The molecule has 0 heterocycles. The lowest BCUT2D eigenvalue weighted by Gasteiger charge is -2.25. The largest absolute Gasteiger partial charge is 0.497 e. The van der Waals surface area contributed by atoms with Crippen molar-refractivity contribution in [2.75, 3.05) is 7.11 Å². The van der Waals surface area contributed by atoms with E-state index in [0.717, 1.165) is 0 Å². The van der Waals surface area contributed by atoms with Gasteiger partial charge in [0.15, 0.2) is 0 Å². The van der Waals surface area contributed by atoms with Gasteiger partial charge in [0.25, 0.3) is 0 Å². The van der Waals surface area contributed by atoms with Gasteiger partial charge in [-0.3, -0.25) is 0 Å². The van der Waals surface area contributed by atoms with Crippen molar-refractivity contribution < 1.29 is 32.2 Å². The molecule has 2 aromatic rings. The van der Waals surface area contributed by atoms with Crippen molar-refractivity contribution in [3.05, 3.63) is 77.0 Å². The molecular formula is C28H35NO7S. The Labute approximate surface area is 219 Å². The molecule has 0 saturated carbocycles. The molecule has 0 saturated heterocycles. The maximum absolute atomic E-state index is 13.4. The molecule has 0 aliphatic heterocycles. The predicted octanol–water partition coefficient (Wildman–Crippen LogP) is 4.87. The normalized spacial score (nSPS) is 12.6. The summed E-state index contributed by atoms with van der Waals surface area (Å²) in [6.45, 7) is 11.6. The van der Waals surface area contributed by atoms with Crippen LogP contribution in [0.3, 0.4) is 0 Å². The second-order valence-electron chi connectivity index (χ2n) is 10.3. The van der Waals surface area contributed by atoms with Gasteiger partial charge in [-0.1, -0.05) is 36.1 Å². The Morgan fingerprint density at radius 1 is 0.838 bits per heavy atom. The first-order valence-corrected chi connectivity index (χ1v) is 13.2. The number of hydrogen-bond donors (Lipinski definition) is 1. The molecule has 2 aromatic carbocycles. The SMILES string of the molecule is COc1ccc(S(=O)(=O)N[C@@H](C(=C=C(C)C(=O)OC(C)(C)C)C(=O)OC(C)(C)C)c2ccccc2)cc1. The number of esters is 2. The lowest BCUT2D eigenvalue weighted by Crippen LogP contribution is -2.34. The summed E-state index contributed by atoms with van der Waals surface area (Å²) in [4.78, 5) is 26.0. The van der Waals surface area contributed by atoms with Crippen LogP contribution in [0.25, 0.3) is 0 Å². The maximum atomic E-state index is 13.4. The third-order valence-corrected chi connectivity index (χ3v) is 6.15. The molecule has 0 spiro atoms. The molecule has 8 nitrogen and oxygen atoms in total. The fourth-order valence-corrected chi connectivity index (χ4v) is 4.29. The van der Waals surface area contributed by atoms with Gasteiger partial charge in [-0.15, -0.1) is 0 Å². The molecule has 0 amide bonds. The van der Waals surface area contributed by atoms with E-state index in [9.17, 15) is 18.0 Å². The first-order valence-electron chi connectivity index (χ1n) is 11.7. The van der Waals surface area contributed by atoms with Crippen molar-refractivity contribution in [2.24, 2.45) is 0 Å². The van der Waals surface area contributed by atoms with E-state index in [1.54, 1.807) is 71.9 Å². The van der Waals surface area contributed by atoms with Gasteiger partial charge in [-0.25, -0.2) is 18.0 Å². The molecule has 0 unspecified atom stereocenters. The summed E-state index contributed by atoms with van der Waals surface area (Å²) in [5.74, 6) is -1.04. The number of carbonyl (C=O) groups excluding carboxylic acids is 2. The fraction of sp³-hybridized carbons (Fsp3) is 0.393. The Morgan fingerprint density at radius 2 is 1.35 bits per heavy atom. The predicted molar refractivity (Wildman–Crippen MR) is 140 cm³/mol. The van der Waals surface area contributed by atoms with E-state index in [1.165, 1.54) is 38.3 Å². The van der Waals surface area contributed by atoms with Crippen LogP contribution in [0, 0.1) is 0 Å². The minimum atomic E-state index is -4.14. The number of hydrogen-bond acceptors (Lipinski definition) is 7. The average molecular weight is 530 g/mol. The monoisotopic (exact) mass is 529 g/mol. The highest BCUT2D eigenvalue weighted by atomic mass is 32.2. The number of rotatable bonds is 8. The van der Waals surface area contributed by atoms with Crippen LogP contribution in [0.4, 0.5) is 0 Å². The van der Waals surface area contributed by atoms with Crippen LogP contribution >= 0.6 is 0 Å². The second kappa shape index (κ2) is 11.8.